The average molecular weight is 586 g/mol. The molecule has 6 nitrogen and oxygen atoms in total. The molecular weight excluding hydrogens is 550 g/mol. The number of hydrogen-bond donors (Lipinski definition) is 0. The van der Waals surface area contributed by atoms with Crippen LogP contribution < -0.4 is 9.47 Å². The van der Waals surface area contributed by atoms with Gasteiger partial charge in [-0.2, -0.15) is 0 Å². The van der Waals surface area contributed by atoms with Crippen LogP contribution in [0.2, 0.25) is 0 Å². The maximum atomic E-state index is 12.5. The number of benzene rings is 5. The van der Waals surface area contributed by atoms with Crippen molar-refractivity contribution in [2.45, 2.75) is 37.0 Å². The summed E-state index contributed by atoms with van der Waals surface area (Å²) >= 11 is 0. The van der Waals surface area contributed by atoms with Gasteiger partial charge in [-0.05, 0) is 57.5 Å². The van der Waals surface area contributed by atoms with Crippen LogP contribution in [0.3, 0.4) is 0 Å². The van der Waals surface area contributed by atoms with Gasteiger partial charge in [0.15, 0.2) is 11.5 Å². The van der Waals surface area contributed by atoms with Crippen molar-refractivity contribution in [2.75, 3.05) is 14.2 Å². The van der Waals surface area contributed by atoms with E-state index < -0.39 is 17.6 Å². The lowest BCUT2D eigenvalue weighted by Crippen LogP contribution is -2.35. The van der Waals surface area contributed by atoms with Crippen LogP contribution >= 0.6 is 0 Å². The maximum absolute atomic E-state index is 12.5. The molecule has 2 atom stereocenters. The minimum atomic E-state index is -0.916. The Balaban J connectivity index is 1.49. The molecule has 0 saturated heterocycles. The highest BCUT2D eigenvalue weighted by Crippen LogP contribution is 2.45. The van der Waals surface area contributed by atoms with Crippen molar-refractivity contribution >= 4 is 0 Å². The highest BCUT2D eigenvalue weighted by molar-refractivity contribution is 5.54. The maximum Gasteiger partial charge on any atom is 0.224 e. The standard InChI is InChI=1S/C38H35NO5/c1-42-35-24-27-22-23-34(39(40)41)37(33(27)25-36(35)43-2)32-21-13-12-14-28(32)26-44-38(29-15-6-3-7-16-29,30-17-8-4-9-18-30)31-19-10-5-11-20-31/h3-21,24-25,34,37H,22-23,26H2,1-2H3/t34-,37-/m0/s1. The molecule has 0 spiro atoms. The summed E-state index contributed by atoms with van der Waals surface area (Å²) in [5.74, 6) is 0.706. The average Bonchev–Trinajstić information content (AvgIpc) is 3.09. The highest BCUT2D eigenvalue weighted by atomic mass is 16.6. The summed E-state index contributed by atoms with van der Waals surface area (Å²) in [6.45, 7) is 0.235. The fraction of sp³-hybridized carbons (Fsp3) is 0.211. The van der Waals surface area contributed by atoms with Gasteiger partial charge in [0.1, 0.15) is 5.60 Å². The molecule has 0 saturated carbocycles. The molecule has 0 bridgehead atoms. The lowest BCUT2D eigenvalue weighted by molar-refractivity contribution is -0.526. The minimum Gasteiger partial charge on any atom is -0.493 e. The topological polar surface area (TPSA) is 70.8 Å². The Morgan fingerprint density at radius 1 is 0.705 bits per heavy atom. The first kappa shape index (κ1) is 29.1. The molecule has 0 unspecified atom stereocenters. The summed E-state index contributed by atoms with van der Waals surface area (Å²) in [6, 6.07) is 41.7. The predicted octanol–water partition coefficient (Wildman–Crippen LogP) is 7.94. The number of fused-ring (bicyclic) bond motifs is 1. The van der Waals surface area contributed by atoms with Crippen molar-refractivity contribution in [1.29, 1.82) is 0 Å². The van der Waals surface area contributed by atoms with E-state index in [9.17, 15) is 10.1 Å². The Hall–Kier alpha value is -4.94. The molecule has 0 heterocycles. The van der Waals surface area contributed by atoms with E-state index in [1.54, 1.807) is 14.2 Å². The van der Waals surface area contributed by atoms with Crippen molar-refractivity contribution in [3.63, 3.8) is 0 Å². The normalized spacial score (nSPS) is 16.1. The first-order chi connectivity index (χ1) is 21.6. The van der Waals surface area contributed by atoms with Gasteiger partial charge in [0.2, 0.25) is 6.04 Å². The van der Waals surface area contributed by atoms with Gasteiger partial charge < -0.3 is 14.2 Å². The van der Waals surface area contributed by atoms with Gasteiger partial charge in [0.05, 0.1) is 26.7 Å². The molecule has 44 heavy (non-hydrogen) atoms. The van der Waals surface area contributed by atoms with Crippen LogP contribution in [-0.2, 0) is 23.4 Å². The van der Waals surface area contributed by atoms with Crippen molar-refractivity contribution in [3.8, 4) is 11.5 Å². The van der Waals surface area contributed by atoms with Gasteiger partial charge in [0, 0.05) is 11.3 Å². The third-order valence-electron chi connectivity index (χ3n) is 8.72. The summed E-state index contributed by atoms with van der Waals surface area (Å²) in [6.07, 6.45) is 1.02. The second-order valence-corrected chi connectivity index (χ2v) is 11.0. The minimum absolute atomic E-state index is 0.135. The SMILES string of the molecule is COc1cc2c(cc1OC)[C@H](c1ccccc1COC(c1ccccc1)(c1ccccc1)c1ccccc1)[C@@H]([N+](=O)[O-])CC2. The molecule has 5 aromatic rings. The molecular formula is C38H35NO5. The number of nitro groups is 1. The molecule has 0 radical (unpaired) electrons. The molecule has 0 fully saturated rings. The summed E-state index contributed by atoms with van der Waals surface area (Å²) < 4.78 is 18.4. The number of hydrogen-bond acceptors (Lipinski definition) is 5. The predicted molar refractivity (Wildman–Crippen MR) is 171 cm³/mol. The van der Waals surface area contributed by atoms with E-state index in [4.69, 9.17) is 14.2 Å². The van der Waals surface area contributed by atoms with Gasteiger partial charge in [-0.15, -0.1) is 0 Å². The van der Waals surface area contributed by atoms with Gasteiger partial charge >= 0.3 is 0 Å². The third kappa shape index (κ3) is 5.33. The van der Waals surface area contributed by atoms with Gasteiger partial charge in [-0.25, -0.2) is 0 Å². The number of aryl methyl sites for hydroxylation is 1. The molecule has 5 aromatic carbocycles. The second-order valence-electron chi connectivity index (χ2n) is 11.0. The molecule has 1 aliphatic carbocycles. The number of ether oxygens (including phenoxy) is 3. The zero-order chi connectivity index (χ0) is 30.5. The van der Waals surface area contributed by atoms with Gasteiger partial charge in [0.25, 0.3) is 0 Å². The van der Waals surface area contributed by atoms with E-state index in [0.717, 1.165) is 38.9 Å². The zero-order valence-corrected chi connectivity index (χ0v) is 24.9. The third-order valence-corrected chi connectivity index (χ3v) is 8.72. The van der Waals surface area contributed by atoms with E-state index in [1.807, 2.05) is 91.0 Å². The van der Waals surface area contributed by atoms with Gasteiger partial charge in [-0.3, -0.25) is 10.1 Å². The van der Waals surface area contributed by atoms with Crippen LogP contribution in [0.4, 0.5) is 0 Å². The number of methoxy groups -OCH3 is 2. The van der Waals surface area contributed by atoms with Crippen LogP contribution in [0.25, 0.3) is 0 Å². The Bertz CT molecular complexity index is 1630. The Morgan fingerprint density at radius 2 is 1.20 bits per heavy atom. The lowest BCUT2D eigenvalue weighted by Gasteiger charge is -2.37. The van der Waals surface area contributed by atoms with Crippen molar-refractivity contribution in [2.24, 2.45) is 0 Å². The Labute approximate surface area is 258 Å². The van der Waals surface area contributed by atoms with Crippen LogP contribution in [0.1, 0.15) is 51.3 Å². The highest BCUT2D eigenvalue weighted by Gasteiger charge is 2.42. The van der Waals surface area contributed by atoms with E-state index >= 15 is 0 Å². The molecule has 222 valence electrons. The Morgan fingerprint density at radius 3 is 1.73 bits per heavy atom. The molecule has 0 amide bonds. The van der Waals surface area contributed by atoms with Crippen LogP contribution in [0, 0.1) is 10.1 Å². The number of rotatable bonds is 10. The second kappa shape index (κ2) is 12.7. The first-order valence-corrected chi connectivity index (χ1v) is 14.8. The van der Waals surface area contributed by atoms with E-state index in [-0.39, 0.29) is 11.5 Å². The van der Waals surface area contributed by atoms with Crippen LogP contribution in [-0.4, -0.2) is 25.2 Å². The van der Waals surface area contributed by atoms with Gasteiger partial charge in [-0.1, -0.05) is 115 Å². The first-order valence-electron chi connectivity index (χ1n) is 14.8. The lowest BCUT2D eigenvalue weighted by atomic mass is 9.74. The van der Waals surface area contributed by atoms with E-state index in [0.29, 0.717) is 24.3 Å². The van der Waals surface area contributed by atoms with E-state index in [2.05, 4.69) is 36.4 Å². The molecule has 6 rings (SSSR count). The fourth-order valence-corrected chi connectivity index (χ4v) is 6.65. The van der Waals surface area contributed by atoms with Crippen LogP contribution in [0.5, 0.6) is 11.5 Å². The fourth-order valence-electron chi connectivity index (χ4n) is 6.65. The van der Waals surface area contributed by atoms with E-state index in [1.165, 1.54) is 0 Å². The molecule has 1 aliphatic rings. The van der Waals surface area contributed by atoms with Crippen molar-refractivity contribution < 1.29 is 19.1 Å². The summed E-state index contributed by atoms with van der Waals surface area (Å²) in [5, 5.41) is 12.5. The summed E-state index contributed by atoms with van der Waals surface area (Å²) in [7, 11) is 3.20. The molecule has 6 heteroatoms. The zero-order valence-electron chi connectivity index (χ0n) is 24.9. The quantitative estimate of drug-likeness (QED) is 0.0946. The molecule has 0 aliphatic heterocycles. The van der Waals surface area contributed by atoms with Crippen molar-refractivity contribution in [1.82, 2.24) is 0 Å². The van der Waals surface area contributed by atoms with Crippen molar-refractivity contribution in [3.05, 3.63) is 176 Å². The Kier molecular flexibility index (Phi) is 8.44. The van der Waals surface area contributed by atoms with Crippen LogP contribution in [0.15, 0.2) is 127 Å². The number of nitrogens with zero attached hydrogens (tertiary/aromatic N) is 1. The largest absolute Gasteiger partial charge is 0.493 e. The summed E-state index contributed by atoms with van der Waals surface area (Å²) in [4.78, 5) is 12.4. The monoisotopic (exact) mass is 585 g/mol. The smallest absolute Gasteiger partial charge is 0.224 e. The molecule has 0 N–H and O–H groups in total. The summed E-state index contributed by atoms with van der Waals surface area (Å²) in [5.41, 5.74) is 5.79. The molecule has 0 aromatic heterocycles.